The minimum absolute atomic E-state index is 0.117. The molecule has 96 valence electrons. The molecule has 1 aromatic rings. The third kappa shape index (κ3) is 4.36. The third-order valence-corrected chi connectivity index (χ3v) is 2.98. The first-order valence-electron chi connectivity index (χ1n) is 5.89. The summed E-state index contributed by atoms with van der Waals surface area (Å²) in [5.41, 5.74) is 1.31. The van der Waals surface area contributed by atoms with Gasteiger partial charge in [-0.15, -0.1) is 0 Å². The molecule has 0 radical (unpaired) electrons. The van der Waals surface area contributed by atoms with E-state index in [1.165, 1.54) is 5.56 Å². The Morgan fingerprint density at radius 1 is 1.00 bits per heavy atom. The number of aryl methyl sites for hydroxylation is 1. The van der Waals surface area contributed by atoms with Crippen LogP contribution in [0.15, 0.2) is 24.3 Å². The van der Waals surface area contributed by atoms with E-state index in [1.807, 2.05) is 12.1 Å². The Bertz CT molecular complexity index is 304. The summed E-state index contributed by atoms with van der Waals surface area (Å²) in [4.78, 5) is 0. The molecule has 0 N–H and O–H groups in total. The van der Waals surface area contributed by atoms with Crippen molar-refractivity contribution < 1.29 is 14.2 Å². The zero-order chi connectivity index (χ0) is 12.7. The lowest BCUT2D eigenvalue weighted by Crippen LogP contribution is -2.22. The first kappa shape index (κ1) is 14.0. The normalized spacial score (nSPS) is 12.8. The van der Waals surface area contributed by atoms with Gasteiger partial charge in [-0.05, 0) is 30.5 Å². The standard InChI is InChI=1S/C14H22O3/c1-11(14(16-3)17-4)5-6-12-7-9-13(15-2)10-8-12/h7-11,14H,5-6H2,1-4H3. The lowest BCUT2D eigenvalue weighted by atomic mass is 10.0. The van der Waals surface area contributed by atoms with Gasteiger partial charge in [0, 0.05) is 20.1 Å². The lowest BCUT2D eigenvalue weighted by Gasteiger charge is -2.20. The van der Waals surface area contributed by atoms with Crippen molar-refractivity contribution in [1.82, 2.24) is 0 Å². The Balaban J connectivity index is 2.43. The van der Waals surface area contributed by atoms with Crippen LogP contribution in [-0.4, -0.2) is 27.6 Å². The summed E-state index contributed by atoms with van der Waals surface area (Å²) in [6, 6.07) is 8.18. The molecule has 0 fully saturated rings. The van der Waals surface area contributed by atoms with Crippen LogP contribution in [0.25, 0.3) is 0 Å². The van der Waals surface area contributed by atoms with Gasteiger partial charge in [-0.3, -0.25) is 0 Å². The summed E-state index contributed by atoms with van der Waals surface area (Å²) in [7, 11) is 5.04. The fourth-order valence-electron chi connectivity index (χ4n) is 1.88. The van der Waals surface area contributed by atoms with Gasteiger partial charge in [-0.2, -0.15) is 0 Å². The highest BCUT2D eigenvalue weighted by Gasteiger charge is 2.15. The SMILES string of the molecule is COc1ccc(CCC(C)C(OC)OC)cc1. The predicted octanol–water partition coefficient (Wildman–Crippen LogP) is 2.88. The molecule has 0 spiro atoms. The Morgan fingerprint density at radius 2 is 1.59 bits per heavy atom. The van der Waals surface area contributed by atoms with E-state index in [0.717, 1.165) is 18.6 Å². The maximum atomic E-state index is 5.24. The largest absolute Gasteiger partial charge is 0.497 e. The van der Waals surface area contributed by atoms with Crippen LogP contribution < -0.4 is 4.74 Å². The van der Waals surface area contributed by atoms with Gasteiger partial charge in [0.2, 0.25) is 0 Å². The van der Waals surface area contributed by atoms with E-state index >= 15 is 0 Å². The molecular formula is C14H22O3. The zero-order valence-electron chi connectivity index (χ0n) is 11.1. The van der Waals surface area contributed by atoms with Crippen LogP contribution in [0.4, 0.5) is 0 Å². The summed E-state index contributed by atoms with van der Waals surface area (Å²) < 4.78 is 15.6. The van der Waals surface area contributed by atoms with Gasteiger partial charge in [-0.1, -0.05) is 19.1 Å². The van der Waals surface area contributed by atoms with Crippen molar-refractivity contribution in [2.24, 2.45) is 5.92 Å². The molecule has 0 aliphatic rings. The number of methoxy groups -OCH3 is 3. The van der Waals surface area contributed by atoms with E-state index in [2.05, 4.69) is 19.1 Å². The summed E-state index contributed by atoms with van der Waals surface area (Å²) in [5.74, 6) is 1.28. The molecule has 0 saturated heterocycles. The van der Waals surface area contributed by atoms with Crippen molar-refractivity contribution in [1.29, 1.82) is 0 Å². The molecule has 1 unspecified atom stereocenters. The Hall–Kier alpha value is -1.06. The van der Waals surface area contributed by atoms with Crippen LogP contribution in [0.5, 0.6) is 5.75 Å². The molecule has 0 heterocycles. The summed E-state index contributed by atoms with van der Waals surface area (Å²) in [6.45, 7) is 2.14. The molecule has 0 aliphatic heterocycles. The number of ether oxygens (including phenoxy) is 3. The Labute approximate surface area is 104 Å². The molecule has 0 aliphatic carbocycles. The van der Waals surface area contributed by atoms with E-state index in [-0.39, 0.29) is 6.29 Å². The van der Waals surface area contributed by atoms with Crippen molar-refractivity contribution in [2.45, 2.75) is 26.1 Å². The highest BCUT2D eigenvalue weighted by molar-refractivity contribution is 5.27. The average Bonchev–Trinajstić information content (AvgIpc) is 2.38. The fourth-order valence-corrected chi connectivity index (χ4v) is 1.88. The van der Waals surface area contributed by atoms with Gasteiger partial charge in [-0.25, -0.2) is 0 Å². The Morgan fingerprint density at radius 3 is 2.06 bits per heavy atom. The Kier molecular flexibility index (Phi) is 6.01. The smallest absolute Gasteiger partial charge is 0.159 e. The molecule has 1 rings (SSSR count). The van der Waals surface area contributed by atoms with Gasteiger partial charge in [0.15, 0.2) is 6.29 Å². The minimum atomic E-state index is -0.117. The van der Waals surface area contributed by atoms with Crippen LogP contribution in [0.3, 0.4) is 0 Å². The van der Waals surface area contributed by atoms with Crippen molar-refractivity contribution in [3.63, 3.8) is 0 Å². The van der Waals surface area contributed by atoms with E-state index in [4.69, 9.17) is 14.2 Å². The second-order valence-electron chi connectivity index (χ2n) is 4.20. The summed E-state index contributed by atoms with van der Waals surface area (Å²) >= 11 is 0. The zero-order valence-corrected chi connectivity index (χ0v) is 11.1. The quantitative estimate of drug-likeness (QED) is 0.684. The van der Waals surface area contributed by atoms with Gasteiger partial charge in [0.25, 0.3) is 0 Å². The molecular weight excluding hydrogens is 216 g/mol. The first-order chi connectivity index (χ1) is 8.21. The molecule has 17 heavy (non-hydrogen) atoms. The minimum Gasteiger partial charge on any atom is -0.497 e. The van der Waals surface area contributed by atoms with E-state index in [0.29, 0.717) is 5.92 Å². The first-order valence-corrected chi connectivity index (χ1v) is 5.89. The van der Waals surface area contributed by atoms with Crippen molar-refractivity contribution in [3.05, 3.63) is 29.8 Å². The van der Waals surface area contributed by atoms with Crippen molar-refractivity contribution >= 4 is 0 Å². The van der Waals surface area contributed by atoms with Crippen LogP contribution in [0, 0.1) is 5.92 Å². The van der Waals surface area contributed by atoms with E-state index < -0.39 is 0 Å². The average molecular weight is 238 g/mol. The highest BCUT2D eigenvalue weighted by atomic mass is 16.7. The molecule has 1 aromatic carbocycles. The summed E-state index contributed by atoms with van der Waals surface area (Å²) in [6.07, 6.45) is 1.95. The molecule has 0 amide bonds. The molecule has 1 atom stereocenters. The maximum Gasteiger partial charge on any atom is 0.159 e. The monoisotopic (exact) mass is 238 g/mol. The third-order valence-electron chi connectivity index (χ3n) is 2.98. The maximum absolute atomic E-state index is 5.24. The van der Waals surface area contributed by atoms with Crippen LogP contribution in [0.1, 0.15) is 18.9 Å². The van der Waals surface area contributed by atoms with E-state index in [9.17, 15) is 0 Å². The van der Waals surface area contributed by atoms with Gasteiger partial charge < -0.3 is 14.2 Å². The van der Waals surface area contributed by atoms with Crippen molar-refractivity contribution in [2.75, 3.05) is 21.3 Å². The van der Waals surface area contributed by atoms with Crippen LogP contribution in [0.2, 0.25) is 0 Å². The summed E-state index contributed by atoms with van der Waals surface area (Å²) in [5, 5.41) is 0. The number of hydrogen-bond acceptors (Lipinski definition) is 3. The van der Waals surface area contributed by atoms with Crippen LogP contribution >= 0.6 is 0 Å². The number of rotatable bonds is 7. The number of benzene rings is 1. The topological polar surface area (TPSA) is 27.7 Å². The van der Waals surface area contributed by atoms with Gasteiger partial charge in [0.05, 0.1) is 7.11 Å². The van der Waals surface area contributed by atoms with Crippen LogP contribution in [-0.2, 0) is 15.9 Å². The van der Waals surface area contributed by atoms with Gasteiger partial charge >= 0.3 is 0 Å². The lowest BCUT2D eigenvalue weighted by molar-refractivity contribution is -0.134. The van der Waals surface area contributed by atoms with E-state index in [1.54, 1.807) is 21.3 Å². The number of hydrogen-bond donors (Lipinski definition) is 0. The molecule has 3 nitrogen and oxygen atoms in total. The molecule has 0 bridgehead atoms. The highest BCUT2D eigenvalue weighted by Crippen LogP contribution is 2.17. The molecule has 0 aromatic heterocycles. The molecule has 3 heteroatoms. The predicted molar refractivity (Wildman–Crippen MR) is 68.3 cm³/mol. The van der Waals surface area contributed by atoms with Gasteiger partial charge in [0.1, 0.15) is 5.75 Å². The molecule has 0 saturated carbocycles. The second-order valence-corrected chi connectivity index (χ2v) is 4.20. The second kappa shape index (κ2) is 7.30. The fraction of sp³-hybridized carbons (Fsp3) is 0.571. The van der Waals surface area contributed by atoms with Crippen molar-refractivity contribution in [3.8, 4) is 5.75 Å².